The van der Waals surface area contributed by atoms with Gasteiger partial charge in [-0.15, -0.1) is 0 Å². The highest BCUT2D eigenvalue weighted by Crippen LogP contribution is 2.27. The summed E-state index contributed by atoms with van der Waals surface area (Å²) in [5, 5.41) is 11.6. The lowest BCUT2D eigenvalue weighted by Gasteiger charge is -2.26. The van der Waals surface area contributed by atoms with E-state index >= 15 is 0 Å². The molecule has 1 aliphatic rings. The zero-order valence-electron chi connectivity index (χ0n) is 12.5. The fraction of sp³-hybridized carbons (Fsp3) is 0.529. The quantitative estimate of drug-likeness (QED) is 0.905. The molecule has 4 heteroatoms. The number of hydrogen-bond acceptors (Lipinski definition) is 3. The van der Waals surface area contributed by atoms with Gasteiger partial charge in [-0.05, 0) is 48.9 Å². The van der Waals surface area contributed by atoms with Crippen molar-refractivity contribution < 1.29 is 9.53 Å². The normalized spacial score (nSPS) is 21.3. The average molecular weight is 286 g/mol. The lowest BCUT2D eigenvalue weighted by Crippen LogP contribution is -2.34. The molecule has 0 radical (unpaired) electrons. The second kappa shape index (κ2) is 7.68. The molecule has 1 amide bonds. The molecule has 112 valence electrons. The van der Waals surface area contributed by atoms with E-state index in [0.717, 1.165) is 12.5 Å². The summed E-state index contributed by atoms with van der Waals surface area (Å²) in [6.07, 6.45) is 4.94. The van der Waals surface area contributed by atoms with Crippen LogP contribution in [0.3, 0.4) is 0 Å². The maximum atomic E-state index is 11.8. The third-order valence-electron chi connectivity index (χ3n) is 4.08. The summed E-state index contributed by atoms with van der Waals surface area (Å²) >= 11 is 0. The number of benzene rings is 1. The van der Waals surface area contributed by atoms with Gasteiger partial charge in [0, 0.05) is 6.54 Å². The van der Waals surface area contributed by atoms with Gasteiger partial charge in [-0.25, -0.2) is 0 Å². The van der Waals surface area contributed by atoms with Crippen LogP contribution in [0.4, 0.5) is 0 Å². The highest BCUT2D eigenvalue weighted by molar-refractivity contribution is 5.77. The SMILES string of the molecule is CC1CCC(CNC(=O)COc2ccc(C#N)cc2)CC1. The first-order chi connectivity index (χ1) is 10.2. The molecule has 1 N–H and O–H groups in total. The fourth-order valence-electron chi connectivity index (χ4n) is 2.62. The van der Waals surface area contributed by atoms with E-state index in [1.165, 1.54) is 25.7 Å². The zero-order valence-corrected chi connectivity index (χ0v) is 12.5. The van der Waals surface area contributed by atoms with Gasteiger partial charge >= 0.3 is 0 Å². The molecule has 1 aliphatic carbocycles. The summed E-state index contributed by atoms with van der Waals surface area (Å²) in [4.78, 5) is 11.8. The summed E-state index contributed by atoms with van der Waals surface area (Å²) in [5.41, 5.74) is 0.582. The molecule has 1 aromatic rings. The van der Waals surface area contributed by atoms with Crippen LogP contribution in [0.25, 0.3) is 0 Å². The Morgan fingerprint density at radius 3 is 2.57 bits per heavy atom. The Morgan fingerprint density at radius 2 is 1.95 bits per heavy atom. The van der Waals surface area contributed by atoms with Crippen molar-refractivity contribution in [2.24, 2.45) is 11.8 Å². The minimum Gasteiger partial charge on any atom is -0.484 e. The molecule has 1 aromatic carbocycles. The number of nitrogens with one attached hydrogen (secondary N) is 1. The van der Waals surface area contributed by atoms with Crippen LogP contribution in [-0.2, 0) is 4.79 Å². The largest absolute Gasteiger partial charge is 0.484 e. The summed E-state index contributed by atoms with van der Waals surface area (Å²) in [6.45, 7) is 3.07. The van der Waals surface area contributed by atoms with Gasteiger partial charge in [0.1, 0.15) is 5.75 Å². The molecular formula is C17H22N2O2. The molecular weight excluding hydrogens is 264 g/mol. The molecule has 0 spiro atoms. The van der Waals surface area contributed by atoms with Crippen molar-refractivity contribution in [3.05, 3.63) is 29.8 Å². The first-order valence-electron chi connectivity index (χ1n) is 7.57. The molecule has 0 heterocycles. The topological polar surface area (TPSA) is 62.1 Å². The predicted molar refractivity (Wildman–Crippen MR) is 80.8 cm³/mol. The van der Waals surface area contributed by atoms with E-state index in [0.29, 0.717) is 17.2 Å². The number of nitriles is 1. The summed E-state index contributed by atoms with van der Waals surface area (Å²) in [5.74, 6) is 1.96. The Bertz CT molecular complexity index is 497. The van der Waals surface area contributed by atoms with Crippen molar-refractivity contribution in [3.63, 3.8) is 0 Å². The van der Waals surface area contributed by atoms with Crippen LogP contribution in [0.5, 0.6) is 5.75 Å². The van der Waals surface area contributed by atoms with Crippen LogP contribution >= 0.6 is 0 Å². The molecule has 0 bridgehead atoms. The molecule has 1 saturated carbocycles. The zero-order chi connectivity index (χ0) is 15.1. The van der Waals surface area contributed by atoms with Crippen LogP contribution in [0.2, 0.25) is 0 Å². The Kier molecular flexibility index (Phi) is 5.62. The molecule has 0 unspecified atom stereocenters. The van der Waals surface area contributed by atoms with Crippen LogP contribution in [-0.4, -0.2) is 19.1 Å². The van der Waals surface area contributed by atoms with Crippen LogP contribution < -0.4 is 10.1 Å². The summed E-state index contributed by atoms with van der Waals surface area (Å²) < 4.78 is 5.40. The van der Waals surface area contributed by atoms with Gasteiger partial charge in [0.05, 0.1) is 11.6 Å². The first-order valence-corrected chi connectivity index (χ1v) is 7.57. The van der Waals surface area contributed by atoms with E-state index in [1.807, 2.05) is 6.07 Å². The molecule has 0 saturated heterocycles. The fourth-order valence-corrected chi connectivity index (χ4v) is 2.62. The average Bonchev–Trinajstić information content (AvgIpc) is 2.53. The van der Waals surface area contributed by atoms with Crippen molar-refractivity contribution in [2.75, 3.05) is 13.2 Å². The highest BCUT2D eigenvalue weighted by Gasteiger charge is 2.18. The number of nitrogens with zero attached hydrogens (tertiary/aromatic N) is 1. The summed E-state index contributed by atoms with van der Waals surface area (Å²) in [7, 11) is 0. The highest BCUT2D eigenvalue weighted by atomic mass is 16.5. The van der Waals surface area contributed by atoms with E-state index in [4.69, 9.17) is 10.00 Å². The van der Waals surface area contributed by atoms with Gasteiger partial charge in [0.25, 0.3) is 5.91 Å². The molecule has 4 nitrogen and oxygen atoms in total. The third-order valence-corrected chi connectivity index (χ3v) is 4.08. The van der Waals surface area contributed by atoms with Gasteiger partial charge in [0.15, 0.2) is 6.61 Å². The molecule has 0 aliphatic heterocycles. The lowest BCUT2D eigenvalue weighted by atomic mass is 9.83. The van der Waals surface area contributed by atoms with E-state index in [9.17, 15) is 4.79 Å². The Labute approximate surface area is 126 Å². The monoisotopic (exact) mass is 286 g/mol. The molecule has 2 rings (SSSR count). The Balaban J connectivity index is 1.66. The van der Waals surface area contributed by atoms with Crippen LogP contribution in [0.15, 0.2) is 24.3 Å². The van der Waals surface area contributed by atoms with Gasteiger partial charge in [-0.2, -0.15) is 5.26 Å². The lowest BCUT2D eigenvalue weighted by molar-refractivity contribution is -0.123. The third kappa shape index (κ3) is 5.11. The Morgan fingerprint density at radius 1 is 1.29 bits per heavy atom. The van der Waals surface area contributed by atoms with E-state index in [1.54, 1.807) is 24.3 Å². The summed E-state index contributed by atoms with van der Waals surface area (Å²) in [6, 6.07) is 8.80. The van der Waals surface area contributed by atoms with Gasteiger partial charge in [0.2, 0.25) is 0 Å². The maximum absolute atomic E-state index is 11.8. The molecule has 1 fully saturated rings. The maximum Gasteiger partial charge on any atom is 0.257 e. The van der Waals surface area contributed by atoms with E-state index in [2.05, 4.69) is 12.2 Å². The van der Waals surface area contributed by atoms with Crippen molar-refractivity contribution in [1.82, 2.24) is 5.32 Å². The van der Waals surface area contributed by atoms with Gasteiger partial charge in [-0.3, -0.25) is 4.79 Å². The van der Waals surface area contributed by atoms with Gasteiger partial charge < -0.3 is 10.1 Å². The van der Waals surface area contributed by atoms with Crippen LogP contribution in [0, 0.1) is 23.2 Å². The number of carbonyl (C=O) groups excluding carboxylic acids is 1. The number of rotatable bonds is 5. The van der Waals surface area contributed by atoms with Crippen molar-refractivity contribution >= 4 is 5.91 Å². The minimum atomic E-state index is -0.0852. The van der Waals surface area contributed by atoms with Crippen molar-refractivity contribution in [3.8, 4) is 11.8 Å². The predicted octanol–water partition coefficient (Wildman–Crippen LogP) is 2.88. The first kappa shape index (κ1) is 15.4. The smallest absolute Gasteiger partial charge is 0.257 e. The number of amides is 1. The standard InChI is InChI=1S/C17H22N2O2/c1-13-2-4-15(5-3-13)11-19-17(20)12-21-16-8-6-14(10-18)7-9-16/h6-9,13,15H,2-5,11-12H2,1H3,(H,19,20). The van der Waals surface area contributed by atoms with E-state index < -0.39 is 0 Å². The number of hydrogen-bond donors (Lipinski definition) is 1. The number of carbonyl (C=O) groups is 1. The Hall–Kier alpha value is -2.02. The second-order valence-corrected chi connectivity index (χ2v) is 5.85. The molecule has 0 atom stereocenters. The number of ether oxygens (including phenoxy) is 1. The van der Waals surface area contributed by atoms with E-state index in [-0.39, 0.29) is 12.5 Å². The molecule has 21 heavy (non-hydrogen) atoms. The molecule has 0 aromatic heterocycles. The van der Waals surface area contributed by atoms with Crippen LogP contribution in [0.1, 0.15) is 38.2 Å². The second-order valence-electron chi connectivity index (χ2n) is 5.85. The minimum absolute atomic E-state index is 0.0228. The van der Waals surface area contributed by atoms with Crippen molar-refractivity contribution in [2.45, 2.75) is 32.6 Å². The van der Waals surface area contributed by atoms with Gasteiger partial charge in [-0.1, -0.05) is 19.8 Å². The van der Waals surface area contributed by atoms with Crippen molar-refractivity contribution in [1.29, 1.82) is 5.26 Å².